The van der Waals surface area contributed by atoms with Crippen LogP contribution in [-0.4, -0.2) is 22.5 Å². The van der Waals surface area contributed by atoms with E-state index in [1.807, 2.05) is 45.3 Å². The molecular weight excluding hydrogens is 330 g/mol. The number of rotatable bonds is 4. The largest absolute Gasteiger partial charge is 0.439 e. The number of aryl methyl sites for hydroxylation is 1. The van der Waals surface area contributed by atoms with Gasteiger partial charge in [0.15, 0.2) is 0 Å². The molecule has 0 radical (unpaired) electrons. The maximum atomic E-state index is 12.7. The lowest BCUT2D eigenvalue weighted by Gasteiger charge is -2.11. The van der Waals surface area contributed by atoms with Crippen LogP contribution in [0.3, 0.4) is 0 Å². The number of para-hydroxylation sites is 1. The van der Waals surface area contributed by atoms with E-state index in [-0.39, 0.29) is 0 Å². The fraction of sp³-hybridized carbons (Fsp3) is 0.176. The lowest BCUT2D eigenvalue weighted by molar-refractivity contribution is 0.601. The molecule has 23 heavy (non-hydrogen) atoms. The van der Waals surface area contributed by atoms with Crippen molar-refractivity contribution in [2.75, 3.05) is 19.0 Å². The number of benzene rings is 2. The smallest absolute Gasteiger partial charge is 0.234 e. The van der Waals surface area contributed by atoms with Crippen molar-refractivity contribution in [3.8, 4) is 0 Å². The molecule has 0 aliphatic rings. The fourth-order valence-electron chi connectivity index (χ4n) is 2.25. The van der Waals surface area contributed by atoms with Crippen LogP contribution in [0.25, 0.3) is 11.0 Å². The van der Waals surface area contributed by atoms with Gasteiger partial charge in [0, 0.05) is 30.3 Å². The Morgan fingerprint density at radius 3 is 2.30 bits per heavy atom. The van der Waals surface area contributed by atoms with E-state index in [1.165, 1.54) is 0 Å². The van der Waals surface area contributed by atoms with Crippen molar-refractivity contribution in [1.29, 1.82) is 0 Å². The molecule has 0 spiro atoms. The zero-order valence-corrected chi connectivity index (χ0v) is 14.7. The Kier molecular flexibility index (Phi) is 4.12. The second-order valence-corrected chi connectivity index (χ2v) is 9.25. The molecule has 0 aliphatic heterocycles. The molecule has 2 aromatic carbocycles. The van der Waals surface area contributed by atoms with E-state index in [2.05, 4.69) is 0 Å². The van der Waals surface area contributed by atoms with Crippen LogP contribution in [0.2, 0.25) is 0 Å². The van der Waals surface area contributed by atoms with E-state index in [0.717, 1.165) is 21.7 Å². The van der Waals surface area contributed by atoms with Crippen molar-refractivity contribution < 1.29 is 12.8 Å². The minimum Gasteiger partial charge on any atom is -0.439 e. The van der Waals surface area contributed by atoms with Gasteiger partial charge in [-0.25, -0.2) is 8.42 Å². The Labute approximate surface area is 139 Å². The standard InChI is InChI=1S/C17H17NO3S2/c1-12-8-10-13(11-9-12)23(19,20)22-16-14-6-4-5-7-15(14)21-17(16)18(2)3/h4-11H,1-3H3. The van der Waals surface area contributed by atoms with E-state index in [0.29, 0.717) is 21.3 Å². The second kappa shape index (κ2) is 5.94. The fourth-order valence-corrected chi connectivity index (χ4v) is 5.35. The van der Waals surface area contributed by atoms with Crippen LogP contribution in [0, 0.1) is 6.92 Å². The summed E-state index contributed by atoms with van der Waals surface area (Å²) in [4.78, 5) is 2.70. The van der Waals surface area contributed by atoms with Gasteiger partial charge in [0.1, 0.15) is 5.58 Å². The van der Waals surface area contributed by atoms with Crippen molar-refractivity contribution in [3.63, 3.8) is 0 Å². The van der Waals surface area contributed by atoms with E-state index in [1.54, 1.807) is 29.2 Å². The molecule has 1 aromatic heterocycles. The highest BCUT2D eigenvalue weighted by Gasteiger charge is 2.24. The SMILES string of the molecule is Cc1ccc(S(=O)(=O)Sc2c(N(C)C)oc3ccccc23)cc1. The van der Waals surface area contributed by atoms with Crippen LogP contribution in [0.5, 0.6) is 0 Å². The summed E-state index contributed by atoms with van der Waals surface area (Å²) in [6.07, 6.45) is 0. The molecule has 0 bridgehead atoms. The molecule has 3 aromatic rings. The summed E-state index contributed by atoms with van der Waals surface area (Å²) in [5.41, 5.74) is 1.70. The van der Waals surface area contributed by atoms with E-state index < -0.39 is 8.87 Å². The van der Waals surface area contributed by atoms with Crippen molar-refractivity contribution in [2.24, 2.45) is 0 Å². The third-order valence-electron chi connectivity index (χ3n) is 3.44. The first-order valence-corrected chi connectivity index (χ1v) is 9.90. The minimum atomic E-state index is -3.52. The van der Waals surface area contributed by atoms with Crippen LogP contribution in [-0.2, 0) is 8.87 Å². The van der Waals surface area contributed by atoms with Gasteiger partial charge >= 0.3 is 0 Å². The first-order valence-electron chi connectivity index (χ1n) is 7.08. The topological polar surface area (TPSA) is 50.5 Å². The zero-order valence-electron chi connectivity index (χ0n) is 13.1. The average molecular weight is 347 g/mol. The van der Waals surface area contributed by atoms with Gasteiger partial charge in [-0.3, -0.25) is 0 Å². The Bertz CT molecular complexity index is 942. The van der Waals surface area contributed by atoms with Crippen LogP contribution in [0.1, 0.15) is 5.56 Å². The normalized spacial score (nSPS) is 11.8. The van der Waals surface area contributed by atoms with Gasteiger partial charge < -0.3 is 9.32 Å². The lowest BCUT2D eigenvalue weighted by Crippen LogP contribution is -2.08. The molecular formula is C17H17NO3S2. The van der Waals surface area contributed by atoms with Gasteiger partial charge in [0.2, 0.25) is 14.8 Å². The molecule has 0 amide bonds. The number of hydrogen-bond donors (Lipinski definition) is 0. The molecule has 6 heteroatoms. The average Bonchev–Trinajstić information content (AvgIpc) is 2.86. The quantitative estimate of drug-likeness (QED) is 0.659. The Morgan fingerprint density at radius 1 is 1.00 bits per heavy atom. The molecule has 3 rings (SSSR count). The third kappa shape index (κ3) is 3.09. The van der Waals surface area contributed by atoms with Gasteiger partial charge in [0.25, 0.3) is 0 Å². The highest BCUT2D eigenvalue weighted by Crippen LogP contribution is 2.43. The Balaban J connectivity index is 2.10. The predicted molar refractivity (Wildman–Crippen MR) is 94.8 cm³/mol. The first-order chi connectivity index (χ1) is 10.9. The van der Waals surface area contributed by atoms with Gasteiger partial charge in [-0.05, 0) is 31.2 Å². The molecule has 0 N–H and O–H groups in total. The molecule has 4 nitrogen and oxygen atoms in total. The Morgan fingerprint density at radius 2 is 1.65 bits per heavy atom. The number of hydrogen-bond acceptors (Lipinski definition) is 5. The number of nitrogens with zero attached hydrogens (tertiary/aromatic N) is 1. The highest BCUT2D eigenvalue weighted by molar-refractivity contribution is 8.72. The molecule has 0 unspecified atom stereocenters. The van der Waals surface area contributed by atoms with Crippen LogP contribution < -0.4 is 4.90 Å². The summed E-state index contributed by atoms with van der Waals surface area (Å²) >= 11 is 0. The summed E-state index contributed by atoms with van der Waals surface area (Å²) < 4.78 is 31.3. The summed E-state index contributed by atoms with van der Waals surface area (Å²) in [5.74, 6) is 0.548. The third-order valence-corrected chi connectivity index (χ3v) is 6.81. The number of fused-ring (bicyclic) bond motifs is 1. The number of furan rings is 1. The van der Waals surface area contributed by atoms with E-state index in [9.17, 15) is 8.42 Å². The highest BCUT2D eigenvalue weighted by atomic mass is 33.1. The predicted octanol–water partition coefficient (Wildman–Crippen LogP) is 4.29. The van der Waals surface area contributed by atoms with Crippen molar-refractivity contribution in [3.05, 3.63) is 54.1 Å². The maximum Gasteiger partial charge on any atom is 0.234 e. The minimum absolute atomic E-state index is 0.295. The number of anilines is 1. The maximum absolute atomic E-state index is 12.7. The molecule has 0 saturated carbocycles. The molecule has 0 saturated heterocycles. The van der Waals surface area contributed by atoms with Crippen LogP contribution in [0.4, 0.5) is 5.88 Å². The molecule has 1 heterocycles. The van der Waals surface area contributed by atoms with Crippen LogP contribution in [0.15, 0.2) is 62.7 Å². The first kappa shape index (κ1) is 16.0. The Hall–Kier alpha value is -1.92. The lowest BCUT2D eigenvalue weighted by atomic mass is 10.2. The summed E-state index contributed by atoms with van der Waals surface area (Å²) in [7, 11) is 0.982. The molecule has 120 valence electrons. The summed E-state index contributed by atoms with van der Waals surface area (Å²) in [5, 5.41) is 0.803. The van der Waals surface area contributed by atoms with Crippen molar-refractivity contribution in [1.82, 2.24) is 0 Å². The van der Waals surface area contributed by atoms with Crippen molar-refractivity contribution >= 4 is 36.5 Å². The van der Waals surface area contributed by atoms with E-state index >= 15 is 0 Å². The molecule has 0 atom stereocenters. The summed E-state index contributed by atoms with van der Waals surface area (Å²) in [6, 6.07) is 14.3. The van der Waals surface area contributed by atoms with E-state index in [4.69, 9.17) is 4.42 Å². The van der Waals surface area contributed by atoms with Gasteiger partial charge in [-0.1, -0.05) is 29.8 Å². The van der Waals surface area contributed by atoms with Gasteiger partial charge in [-0.15, -0.1) is 0 Å². The summed E-state index contributed by atoms with van der Waals surface area (Å²) in [6.45, 7) is 1.93. The molecule has 0 fully saturated rings. The zero-order chi connectivity index (χ0) is 16.6. The molecule has 0 aliphatic carbocycles. The second-order valence-electron chi connectivity index (χ2n) is 5.48. The van der Waals surface area contributed by atoms with Crippen molar-refractivity contribution in [2.45, 2.75) is 16.7 Å². The monoisotopic (exact) mass is 347 g/mol. The van der Waals surface area contributed by atoms with Gasteiger partial charge in [0.05, 0.1) is 9.79 Å². The van der Waals surface area contributed by atoms with Gasteiger partial charge in [-0.2, -0.15) is 0 Å². The van der Waals surface area contributed by atoms with Crippen LogP contribution >= 0.6 is 10.8 Å².